The molecular weight excluding hydrogens is 353 g/mol. The molecular formula is C20H24FNO5. The van der Waals surface area contributed by atoms with Gasteiger partial charge in [0, 0.05) is 13.8 Å². The maximum Gasteiger partial charge on any atom is 0.329 e. The lowest BCUT2D eigenvalue weighted by molar-refractivity contribution is -0.192. The van der Waals surface area contributed by atoms with Gasteiger partial charge >= 0.3 is 5.97 Å². The molecule has 0 saturated carbocycles. The minimum absolute atomic E-state index is 0.00841. The van der Waals surface area contributed by atoms with Gasteiger partial charge in [0.25, 0.3) is 5.91 Å². The largest absolute Gasteiger partial charge is 0.491 e. The first-order chi connectivity index (χ1) is 12.9. The van der Waals surface area contributed by atoms with Crippen molar-refractivity contribution in [2.24, 2.45) is 0 Å². The number of hydrogen-bond acceptors (Lipinski definition) is 5. The van der Waals surface area contributed by atoms with E-state index in [1.165, 1.54) is 26.0 Å². The number of rotatable bonds is 4. The Morgan fingerprint density at radius 1 is 1.22 bits per heavy atom. The molecule has 0 spiro atoms. The summed E-state index contributed by atoms with van der Waals surface area (Å²) in [4.78, 5) is 27.2. The number of halogens is 1. The SMILES string of the molecule is CC(=O)ON(CC#C[C@@H]1CCCC[C@@H](COc2ccc(F)cc2)O1)C(C)=O. The van der Waals surface area contributed by atoms with E-state index >= 15 is 0 Å². The number of hydroxylamine groups is 2. The molecule has 1 aliphatic heterocycles. The van der Waals surface area contributed by atoms with Gasteiger partial charge in [-0.25, -0.2) is 4.39 Å². The third-order valence-electron chi connectivity index (χ3n) is 3.92. The maximum atomic E-state index is 12.9. The fourth-order valence-corrected chi connectivity index (χ4v) is 2.61. The Bertz CT molecular complexity index is 695. The Hall–Kier alpha value is -2.59. The van der Waals surface area contributed by atoms with Gasteiger partial charge in [-0.2, -0.15) is 5.06 Å². The number of amides is 1. The predicted octanol–water partition coefficient (Wildman–Crippen LogP) is 2.86. The van der Waals surface area contributed by atoms with E-state index in [0.717, 1.165) is 30.7 Å². The second-order valence-corrected chi connectivity index (χ2v) is 6.26. The van der Waals surface area contributed by atoms with Crippen LogP contribution in [0.2, 0.25) is 0 Å². The molecule has 0 radical (unpaired) electrons. The maximum absolute atomic E-state index is 12.9. The van der Waals surface area contributed by atoms with Crippen molar-refractivity contribution in [1.82, 2.24) is 5.06 Å². The predicted molar refractivity (Wildman–Crippen MR) is 96.0 cm³/mol. The van der Waals surface area contributed by atoms with Crippen molar-refractivity contribution >= 4 is 11.9 Å². The van der Waals surface area contributed by atoms with Gasteiger partial charge in [0.1, 0.15) is 30.8 Å². The second kappa shape index (κ2) is 10.5. The molecule has 6 nitrogen and oxygen atoms in total. The lowest BCUT2D eigenvalue weighted by Crippen LogP contribution is -2.31. The second-order valence-electron chi connectivity index (χ2n) is 6.26. The van der Waals surface area contributed by atoms with Gasteiger partial charge in [0.05, 0.1) is 6.10 Å². The number of carbonyl (C=O) groups is 2. The monoisotopic (exact) mass is 377 g/mol. The highest BCUT2D eigenvalue weighted by Gasteiger charge is 2.20. The molecule has 1 aromatic carbocycles. The van der Waals surface area contributed by atoms with Gasteiger partial charge in [0.15, 0.2) is 0 Å². The highest BCUT2D eigenvalue weighted by atomic mass is 19.1. The van der Waals surface area contributed by atoms with Crippen molar-refractivity contribution in [2.45, 2.75) is 51.7 Å². The van der Waals surface area contributed by atoms with E-state index in [-0.39, 0.29) is 24.6 Å². The van der Waals surface area contributed by atoms with E-state index in [4.69, 9.17) is 14.3 Å². The van der Waals surface area contributed by atoms with Crippen LogP contribution in [0, 0.1) is 17.7 Å². The molecule has 7 heteroatoms. The Morgan fingerprint density at radius 2 is 1.93 bits per heavy atom. The summed E-state index contributed by atoms with van der Waals surface area (Å²) in [5, 5.41) is 0.918. The summed E-state index contributed by atoms with van der Waals surface area (Å²) in [6, 6.07) is 5.85. The summed E-state index contributed by atoms with van der Waals surface area (Å²) < 4.78 is 24.6. The van der Waals surface area contributed by atoms with Crippen molar-refractivity contribution in [3.8, 4) is 17.6 Å². The Kier molecular flexibility index (Phi) is 8.08. The van der Waals surface area contributed by atoms with Gasteiger partial charge in [-0.1, -0.05) is 18.3 Å². The molecule has 27 heavy (non-hydrogen) atoms. The van der Waals surface area contributed by atoms with Crippen LogP contribution < -0.4 is 4.74 Å². The smallest absolute Gasteiger partial charge is 0.329 e. The molecule has 0 aromatic heterocycles. The van der Waals surface area contributed by atoms with Crippen molar-refractivity contribution < 1.29 is 28.3 Å². The van der Waals surface area contributed by atoms with Gasteiger partial charge in [0.2, 0.25) is 0 Å². The number of hydrogen-bond donors (Lipinski definition) is 0. The molecule has 1 heterocycles. The molecule has 0 bridgehead atoms. The molecule has 0 aliphatic carbocycles. The van der Waals surface area contributed by atoms with Gasteiger partial charge in [-0.3, -0.25) is 9.59 Å². The molecule has 0 N–H and O–H groups in total. The van der Waals surface area contributed by atoms with E-state index in [0.29, 0.717) is 12.4 Å². The fraction of sp³-hybridized carbons (Fsp3) is 0.500. The zero-order chi connectivity index (χ0) is 19.6. The van der Waals surface area contributed by atoms with Crippen molar-refractivity contribution in [3.05, 3.63) is 30.1 Å². The van der Waals surface area contributed by atoms with Gasteiger partial charge in [-0.05, 0) is 43.5 Å². The normalized spacial score (nSPS) is 19.2. The first kappa shape index (κ1) is 20.7. The Morgan fingerprint density at radius 3 is 2.59 bits per heavy atom. The summed E-state index contributed by atoms with van der Waals surface area (Å²) in [6.07, 6.45) is 3.23. The fourth-order valence-electron chi connectivity index (χ4n) is 2.61. The average molecular weight is 377 g/mol. The Balaban J connectivity index is 1.87. The van der Waals surface area contributed by atoms with Crippen LogP contribution in [0.25, 0.3) is 0 Å². The number of nitrogens with zero attached hydrogens (tertiary/aromatic N) is 1. The van der Waals surface area contributed by atoms with Crippen LogP contribution in [0.4, 0.5) is 4.39 Å². The molecule has 1 aliphatic rings. The summed E-state index contributed by atoms with van der Waals surface area (Å²) in [5.74, 6) is 5.14. The highest BCUT2D eigenvalue weighted by Crippen LogP contribution is 2.20. The van der Waals surface area contributed by atoms with Crippen LogP contribution in [-0.4, -0.2) is 42.3 Å². The molecule has 0 unspecified atom stereocenters. The molecule has 146 valence electrons. The minimum atomic E-state index is -0.573. The third-order valence-corrected chi connectivity index (χ3v) is 3.92. The van der Waals surface area contributed by atoms with Crippen LogP contribution in [0.5, 0.6) is 5.75 Å². The summed E-state index contributed by atoms with van der Waals surface area (Å²) in [5.41, 5.74) is 0. The van der Waals surface area contributed by atoms with E-state index in [9.17, 15) is 14.0 Å². The van der Waals surface area contributed by atoms with E-state index in [1.807, 2.05) is 0 Å². The van der Waals surface area contributed by atoms with Crippen molar-refractivity contribution in [1.29, 1.82) is 0 Å². The van der Waals surface area contributed by atoms with Crippen LogP contribution in [0.3, 0.4) is 0 Å². The molecule has 2 rings (SSSR count). The van der Waals surface area contributed by atoms with E-state index < -0.39 is 11.9 Å². The number of benzene rings is 1. The summed E-state index contributed by atoms with van der Waals surface area (Å²) in [6.45, 7) is 2.88. The number of carbonyl (C=O) groups excluding carboxylic acids is 2. The summed E-state index contributed by atoms with van der Waals surface area (Å²) in [7, 11) is 0. The molecule has 1 fully saturated rings. The quantitative estimate of drug-likeness (QED) is 0.596. The zero-order valence-electron chi connectivity index (χ0n) is 15.6. The zero-order valence-corrected chi connectivity index (χ0v) is 15.6. The standard InChI is InChI=1S/C20H24FNO5/c1-15(23)22(27-16(2)24)13-5-8-19-6-3-4-7-20(26-19)14-25-18-11-9-17(21)10-12-18/h9-12,19-20H,3-4,6-7,13-14H2,1-2H3/t19-,20-/m0/s1. The first-order valence-corrected chi connectivity index (χ1v) is 8.93. The molecule has 2 atom stereocenters. The molecule has 1 saturated heterocycles. The number of ether oxygens (including phenoxy) is 2. The van der Waals surface area contributed by atoms with Gasteiger partial charge in [-0.15, -0.1) is 0 Å². The van der Waals surface area contributed by atoms with Crippen LogP contribution in [0.15, 0.2) is 24.3 Å². The summed E-state index contributed by atoms with van der Waals surface area (Å²) >= 11 is 0. The van der Waals surface area contributed by atoms with Crippen molar-refractivity contribution in [3.63, 3.8) is 0 Å². The Labute approximate surface area is 158 Å². The first-order valence-electron chi connectivity index (χ1n) is 8.93. The van der Waals surface area contributed by atoms with Gasteiger partial charge < -0.3 is 14.3 Å². The molecule has 1 aromatic rings. The molecule has 1 amide bonds. The van der Waals surface area contributed by atoms with E-state index in [2.05, 4.69) is 11.8 Å². The van der Waals surface area contributed by atoms with Crippen LogP contribution in [0.1, 0.15) is 39.5 Å². The third kappa shape index (κ3) is 7.67. The topological polar surface area (TPSA) is 65.1 Å². The van der Waals surface area contributed by atoms with Crippen molar-refractivity contribution in [2.75, 3.05) is 13.2 Å². The minimum Gasteiger partial charge on any atom is -0.491 e. The average Bonchev–Trinajstić information content (AvgIpc) is 2.85. The van der Waals surface area contributed by atoms with E-state index in [1.54, 1.807) is 12.1 Å². The van der Waals surface area contributed by atoms with Crippen LogP contribution >= 0.6 is 0 Å². The van der Waals surface area contributed by atoms with Crippen LogP contribution in [-0.2, 0) is 19.2 Å². The lowest BCUT2D eigenvalue weighted by Gasteiger charge is -2.19. The highest BCUT2D eigenvalue weighted by molar-refractivity contribution is 5.75. The lowest BCUT2D eigenvalue weighted by atomic mass is 10.1.